The molecule has 0 aliphatic carbocycles. The van der Waals surface area contributed by atoms with Crippen LogP contribution < -0.4 is 15.5 Å². The van der Waals surface area contributed by atoms with Gasteiger partial charge >= 0.3 is 11.8 Å². The lowest BCUT2D eigenvalue weighted by molar-refractivity contribution is -0.136. The van der Waals surface area contributed by atoms with Crippen molar-refractivity contribution in [2.45, 2.75) is 6.92 Å². The first-order valence-corrected chi connectivity index (χ1v) is 7.64. The molecule has 25 heavy (non-hydrogen) atoms. The Balaban J connectivity index is 1.86. The zero-order valence-corrected chi connectivity index (χ0v) is 13.9. The van der Waals surface area contributed by atoms with E-state index in [1.165, 1.54) is 6.21 Å². The number of amides is 2. The number of benzene rings is 2. The van der Waals surface area contributed by atoms with Crippen LogP contribution in [0.25, 0.3) is 0 Å². The van der Waals surface area contributed by atoms with Crippen LogP contribution in [0.2, 0.25) is 0 Å². The summed E-state index contributed by atoms with van der Waals surface area (Å²) in [6.45, 7) is 5.89. The summed E-state index contributed by atoms with van der Waals surface area (Å²) in [6, 6.07) is 14.2. The molecule has 2 N–H and O–H groups in total. The van der Waals surface area contributed by atoms with Gasteiger partial charge in [0.15, 0.2) is 0 Å². The van der Waals surface area contributed by atoms with Gasteiger partial charge in [0.25, 0.3) is 0 Å². The maximum atomic E-state index is 11.8. The number of aryl methyl sites for hydroxylation is 1. The van der Waals surface area contributed by atoms with Crippen molar-refractivity contribution in [3.8, 4) is 5.75 Å². The minimum absolute atomic E-state index is 0.396. The Kier molecular flexibility index (Phi) is 6.47. The van der Waals surface area contributed by atoms with Crippen LogP contribution in [0.4, 0.5) is 5.69 Å². The van der Waals surface area contributed by atoms with Crippen molar-refractivity contribution in [3.05, 3.63) is 72.3 Å². The maximum Gasteiger partial charge on any atom is 0.329 e. The molecule has 0 fully saturated rings. The molecule has 0 unspecified atom stereocenters. The zero-order valence-electron chi connectivity index (χ0n) is 13.9. The molecule has 2 rings (SSSR count). The fourth-order valence-electron chi connectivity index (χ4n) is 1.92. The smallest absolute Gasteiger partial charge is 0.329 e. The molecule has 0 atom stereocenters. The Labute approximate surface area is 146 Å². The van der Waals surface area contributed by atoms with Crippen LogP contribution in [0.3, 0.4) is 0 Å². The minimum atomic E-state index is -0.850. The second-order valence-corrected chi connectivity index (χ2v) is 5.13. The third kappa shape index (κ3) is 5.62. The van der Waals surface area contributed by atoms with Crippen molar-refractivity contribution in [1.82, 2.24) is 5.43 Å². The number of hydrogen-bond acceptors (Lipinski definition) is 4. The van der Waals surface area contributed by atoms with Gasteiger partial charge in [0.1, 0.15) is 12.4 Å². The first-order valence-electron chi connectivity index (χ1n) is 7.64. The summed E-state index contributed by atoms with van der Waals surface area (Å²) in [7, 11) is 0. The third-order valence-corrected chi connectivity index (χ3v) is 3.24. The van der Waals surface area contributed by atoms with Crippen LogP contribution in [0, 0.1) is 6.92 Å². The molecular formula is C19H19N3O3. The van der Waals surface area contributed by atoms with Crippen LogP contribution in [-0.2, 0) is 9.59 Å². The molecule has 0 heterocycles. The van der Waals surface area contributed by atoms with E-state index in [-0.39, 0.29) is 0 Å². The van der Waals surface area contributed by atoms with Crippen LogP contribution in [0.1, 0.15) is 11.1 Å². The fraction of sp³-hybridized carbons (Fsp3) is 0.105. The van der Waals surface area contributed by atoms with Crippen molar-refractivity contribution in [2.75, 3.05) is 11.9 Å². The lowest BCUT2D eigenvalue weighted by atomic mass is 10.1. The van der Waals surface area contributed by atoms with E-state index in [4.69, 9.17) is 4.74 Å². The molecule has 0 spiro atoms. The number of hydrazone groups is 1. The molecule has 0 radical (unpaired) electrons. The number of rotatable bonds is 6. The highest BCUT2D eigenvalue weighted by Gasteiger charge is 2.12. The molecule has 2 aromatic rings. The number of anilines is 1. The number of carbonyl (C=O) groups is 2. The molecule has 2 aromatic carbocycles. The molecule has 0 bridgehead atoms. The van der Waals surface area contributed by atoms with Crippen molar-refractivity contribution in [1.29, 1.82) is 0 Å². The first kappa shape index (κ1) is 17.9. The van der Waals surface area contributed by atoms with E-state index < -0.39 is 11.8 Å². The quantitative estimate of drug-likeness (QED) is 0.368. The van der Waals surface area contributed by atoms with E-state index in [0.717, 1.165) is 11.1 Å². The van der Waals surface area contributed by atoms with Gasteiger partial charge < -0.3 is 10.1 Å². The Hall–Kier alpha value is -3.41. The maximum absolute atomic E-state index is 11.8. The molecule has 2 amide bonds. The number of nitrogens with zero attached hydrogens (tertiary/aromatic N) is 1. The van der Waals surface area contributed by atoms with E-state index in [1.54, 1.807) is 30.3 Å². The van der Waals surface area contributed by atoms with Crippen LogP contribution >= 0.6 is 0 Å². The van der Waals surface area contributed by atoms with Gasteiger partial charge in [-0.3, -0.25) is 9.59 Å². The molecule has 0 saturated heterocycles. The number of carbonyl (C=O) groups excluding carboxylic acids is 2. The monoisotopic (exact) mass is 337 g/mol. The van der Waals surface area contributed by atoms with Crippen LogP contribution in [0.15, 0.2) is 66.3 Å². The highest BCUT2D eigenvalue weighted by atomic mass is 16.5. The number of hydrogen-bond donors (Lipinski definition) is 2. The molecule has 6 nitrogen and oxygen atoms in total. The van der Waals surface area contributed by atoms with Crippen molar-refractivity contribution in [3.63, 3.8) is 0 Å². The van der Waals surface area contributed by atoms with Crippen molar-refractivity contribution >= 4 is 23.7 Å². The summed E-state index contributed by atoms with van der Waals surface area (Å²) in [5, 5.41) is 6.28. The Bertz CT molecular complexity index is 783. The van der Waals surface area contributed by atoms with E-state index >= 15 is 0 Å². The molecule has 0 saturated carbocycles. The Morgan fingerprint density at radius 3 is 2.52 bits per heavy atom. The normalized spacial score (nSPS) is 10.3. The molecule has 0 aliphatic rings. The van der Waals surface area contributed by atoms with Crippen molar-refractivity contribution < 1.29 is 14.3 Å². The van der Waals surface area contributed by atoms with Gasteiger partial charge in [0.2, 0.25) is 0 Å². The lowest BCUT2D eigenvalue weighted by Gasteiger charge is -2.06. The van der Waals surface area contributed by atoms with Crippen LogP contribution in [0.5, 0.6) is 5.75 Å². The molecular weight excluding hydrogens is 318 g/mol. The topological polar surface area (TPSA) is 79.8 Å². The predicted octanol–water partition coefficient (Wildman–Crippen LogP) is 2.65. The summed E-state index contributed by atoms with van der Waals surface area (Å²) in [4.78, 5) is 23.6. The predicted molar refractivity (Wildman–Crippen MR) is 97.7 cm³/mol. The van der Waals surface area contributed by atoms with E-state index in [9.17, 15) is 9.59 Å². The zero-order chi connectivity index (χ0) is 18.1. The summed E-state index contributed by atoms with van der Waals surface area (Å²) < 4.78 is 5.34. The van der Waals surface area contributed by atoms with Crippen LogP contribution in [-0.4, -0.2) is 24.6 Å². The second kappa shape index (κ2) is 9.02. The average Bonchev–Trinajstić information content (AvgIpc) is 2.62. The van der Waals surface area contributed by atoms with Gasteiger partial charge in [0, 0.05) is 5.69 Å². The second-order valence-electron chi connectivity index (χ2n) is 5.13. The van der Waals surface area contributed by atoms with Gasteiger partial charge in [-0.2, -0.15) is 5.10 Å². The third-order valence-electron chi connectivity index (χ3n) is 3.24. The summed E-state index contributed by atoms with van der Waals surface area (Å²) >= 11 is 0. The highest BCUT2D eigenvalue weighted by Crippen LogP contribution is 2.15. The molecule has 0 aliphatic heterocycles. The van der Waals surface area contributed by atoms with E-state index in [2.05, 4.69) is 22.4 Å². The largest absolute Gasteiger partial charge is 0.490 e. The first-order chi connectivity index (χ1) is 12.1. The summed E-state index contributed by atoms with van der Waals surface area (Å²) in [5.74, 6) is -1.01. The fourth-order valence-corrected chi connectivity index (χ4v) is 1.92. The molecule has 128 valence electrons. The number of ether oxygens (including phenoxy) is 1. The molecule has 6 heteroatoms. The van der Waals surface area contributed by atoms with Gasteiger partial charge in [-0.15, -0.1) is 0 Å². The van der Waals surface area contributed by atoms with E-state index in [0.29, 0.717) is 18.0 Å². The Morgan fingerprint density at radius 1 is 1.12 bits per heavy atom. The van der Waals surface area contributed by atoms with Crippen molar-refractivity contribution in [2.24, 2.45) is 5.10 Å². The summed E-state index contributed by atoms with van der Waals surface area (Å²) in [5.41, 5.74) is 4.56. The van der Waals surface area contributed by atoms with Gasteiger partial charge in [-0.05, 0) is 42.3 Å². The lowest BCUT2D eigenvalue weighted by Crippen LogP contribution is -2.32. The molecule has 0 aromatic heterocycles. The number of nitrogens with one attached hydrogen (secondary N) is 2. The standard InChI is InChI=1S/C19H19N3O3/c1-3-12-25-17-10-8-16(9-11-17)21-18(23)19(24)22-20-13-15-7-5-4-6-14(15)2/h3-11,13H,1,12H2,2H3,(H,21,23)(H,22,24)/b20-13-. The minimum Gasteiger partial charge on any atom is -0.490 e. The Morgan fingerprint density at radius 2 is 1.84 bits per heavy atom. The van der Waals surface area contributed by atoms with Gasteiger partial charge in [-0.1, -0.05) is 36.9 Å². The van der Waals surface area contributed by atoms with Gasteiger partial charge in [-0.25, -0.2) is 5.43 Å². The van der Waals surface area contributed by atoms with Gasteiger partial charge in [0.05, 0.1) is 6.21 Å². The highest BCUT2D eigenvalue weighted by molar-refractivity contribution is 6.39. The SMILES string of the molecule is C=CCOc1ccc(NC(=O)C(=O)N/N=C\c2ccccc2C)cc1. The van der Waals surface area contributed by atoms with E-state index in [1.807, 2.05) is 31.2 Å². The summed E-state index contributed by atoms with van der Waals surface area (Å²) in [6.07, 6.45) is 3.13. The average molecular weight is 337 g/mol.